The first-order valence-corrected chi connectivity index (χ1v) is 9.86. The second-order valence-electron chi connectivity index (χ2n) is 6.47. The summed E-state index contributed by atoms with van der Waals surface area (Å²) in [5, 5.41) is 7.49. The van der Waals surface area contributed by atoms with Crippen LogP contribution in [0.15, 0.2) is 41.8 Å². The van der Waals surface area contributed by atoms with Crippen LogP contribution in [-0.2, 0) is 4.79 Å². The lowest BCUT2D eigenvalue weighted by Crippen LogP contribution is -2.49. The van der Waals surface area contributed by atoms with E-state index >= 15 is 0 Å². The topological polar surface area (TPSA) is 67.4 Å². The zero-order valence-electron chi connectivity index (χ0n) is 15.5. The molecule has 5 nitrogen and oxygen atoms in total. The van der Waals surface area contributed by atoms with Crippen molar-refractivity contribution in [3.8, 4) is 5.75 Å². The first-order chi connectivity index (χ1) is 13.0. The Kier molecular flexibility index (Phi) is 8.26. The molecule has 1 atom stereocenters. The summed E-state index contributed by atoms with van der Waals surface area (Å²) in [6.07, 6.45) is 1.50. The lowest BCUT2D eigenvalue weighted by Gasteiger charge is -2.21. The Morgan fingerprint density at radius 2 is 1.89 bits per heavy atom. The van der Waals surface area contributed by atoms with Gasteiger partial charge in [-0.15, -0.1) is 11.3 Å². The van der Waals surface area contributed by atoms with Crippen molar-refractivity contribution in [1.29, 1.82) is 0 Å². The standard InChI is InChI=1S/C20H25FN2O3S/c1-14(2)18(23-19(24)17-6-5-13-27-17)20(25)22-11-3-4-12-26-16-9-7-15(21)8-10-16/h5-10,13-14,18H,3-4,11-12H2,1-2H3,(H,22,25)(H,23,24)/t18-/m0/s1. The van der Waals surface area contributed by atoms with Crippen LogP contribution in [0.3, 0.4) is 0 Å². The second kappa shape index (κ2) is 10.7. The van der Waals surface area contributed by atoms with Crippen LogP contribution in [0.1, 0.15) is 36.4 Å². The third-order valence-electron chi connectivity index (χ3n) is 3.93. The molecule has 7 heteroatoms. The summed E-state index contributed by atoms with van der Waals surface area (Å²) in [5.41, 5.74) is 0. The summed E-state index contributed by atoms with van der Waals surface area (Å²) in [4.78, 5) is 25.2. The minimum Gasteiger partial charge on any atom is -0.494 e. The van der Waals surface area contributed by atoms with Gasteiger partial charge < -0.3 is 15.4 Å². The summed E-state index contributed by atoms with van der Waals surface area (Å²) in [6.45, 7) is 4.79. The third-order valence-corrected chi connectivity index (χ3v) is 4.80. The number of carbonyl (C=O) groups is 2. The summed E-state index contributed by atoms with van der Waals surface area (Å²) < 4.78 is 18.3. The van der Waals surface area contributed by atoms with Gasteiger partial charge in [-0.1, -0.05) is 19.9 Å². The molecule has 0 aliphatic rings. The van der Waals surface area contributed by atoms with E-state index in [0.29, 0.717) is 23.8 Å². The van der Waals surface area contributed by atoms with Gasteiger partial charge in [0.1, 0.15) is 17.6 Å². The maximum atomic E-state index is 12.8. The molecule has 1 heterocycles. The predicted molar refractivity (Wildman–Crippen MR) is 105 cm³/mol. The van der Waals surface area contributed by atoms with E-state index < -0.39 is 6.04 Å². The number of hydrogen-bond donors (Lipinski definition) is 2. The summed E-state index contributed by atoms with van der Waals surface area (Å²) in [5.74, 6) is -0.107. The molecule has 0 aliphatic carbocycles. The molecular formula is C20H25FN2O3S. The Morgan fingerprint density at radius 1 is 1.15 bits per heavy atom. The van der Waals surface area contributed by atoms with E-state index in [-0.39, 0.29) is 23.5 Å². The van der Waals surface area contributed by atoms with E-state index in [2.05, 4.69) is 10.6 Å². The lowest BCUT2D eigenvalue weighted by atomic mass is 10.0. The fourth-order valence-electron chi connectivity index (χ4n) is 2.42. The maximum absolute atomic E-state index is 12.8. The first kappa shape index (κ1) is 20.9. The van der Waals surface area contributed by atoms with Crippen LogP contribution in [0.5, 0.6) is 5.75 Å². The number of unbranched alkanes of at least 4 members (excludes halogenated alkanes) is 1. The average Bonchev–Trinajstić information content (AvgIpc) is 3.18. The number of rotatable bonds is 10. The van der Waals surface area contributed by atoms with Gasteiger partial charge in [-0.05, 0) is 54.5 Å². The molecule has 2 N–H and O–H groups in total. The average molecular weight is 392 g/mol. The molecule has 1 aromatic carbocycles. The largest absolute Gasteiger partial charge is 0.494 e. The molecule has 0 saturated carbocycles. The minimum atomic E-state index is -0.574. The number of hydrogen-bond acceptors (Lipinski definition) is 4. The van der Waals surface area contributed by atoms with E-state index in [1.807, 2.05) is 19.2 Å². The van der Waals surface area contributed by atoms with Crippen molar-refractivity contribution in [2.75, 3.05) is 13.2 Å². The third kappa shape index (κ3) is 7.02. The van der Waals surface area contributed by atoms with Crippen molar-refractivity contribution in [3.63, 3.8) is 0 Å². The van der Waals surface area contributed by atoms with Gasteiger partial charge in [0.2, 0.25) is 5.91 Å². The zero-order chi connectivity index (χ0) is 19.6. The number of thiophene rings is 1. The van der Waals surface area contributed by atoms with Gasteiger partial charge in [0.25, 0.3) is 5.91 Å². The van der Waals surface area contributed by atoms with Crippen LogP contribution in [0.25, 0.3) is 0 Å². The van der Waals surface area contributed by atoms with Crippen LogP contribution in [0.4, 0.5) is 4.39 Å². The van der Waals surface area contributed by atoms with Crippen molar-refractivity contribution >= 4 is 23.2 Å². The number of benzene rings is 1. The molecule has 0 unspecified atom stereocenters. The molecule has 2 rings (SSSR count). The molecule has 0 bridgehead atoms. The Labute approximate surface area is 162 Å². The van der Waals surface area contributed by atoms with Crippen LogP contribution >= 0.6 is 11.3 Å². The first-order valence-electron chi connectivity index (χ1n) is 8.98. The second-order valence-corrected chi connectivity index (χ2v) is 7.42. The van der Waals surface area contributed by atoms with E-state index in [9.17, 15) is 14.0 Å². The fraction of sp³-hybridized carbons (Fsp3) is 0.400. The predicted octanol–water partition coefficient (Wildman–Crippen LogP) is 3.62. The van der Waals surface area contributed by atoms with Gasteiger partial charge in [-0.25, -0.2) is 4.39 Å². The zero-order valence-corrected chi connectivity index (χ0v) is 16.4. The Bertz CT molecular complexity index is 717. The molecule has 146 valence electrons. The van der Waals surface area contributed by atoms with E-state index in [4.69, 9.17) is 4.74 Å². The summed E-state index contributed by atoms with van der Waals surface area (Å²) in [6, 6.07) is 8.84. The van der Waals surface area contributed by atoms with Crippen molar-refractivity contribution in [2.24, 2.45) is 5.92 Å². The minimum absolute atomic E-state index is 0.0179. The Balaban J connectivity index is 1.67. The van der Waals surface area contributed by atoms with Gasteiger partial charge in [0.15, 0.2) is 0 Å². The highest BCUT2D eigenvalue weighted by Gasteiger charge is 2.24. The Morgan fingerprint density at radius 3 is 2.52 bits per heavy atom. The molecule has 2 amide bonds. The number of ether oxygens (including phenoxy) is 1. The molecule has 0 saturated heterocycles. The van der Waals surface area contributed by atoms with E-state index in [1.54, 1.807) is 24.3 Å². The van der Waals surface area contributed by atoms with Crippen LogP contribution in [0, 0.1) is 11.7 Å². The maximum Gasteiger partial charge on any atom is 0.262 e. The SMILES string of the molecule is CC(C)[C@H](NC(=O)c1cccs1)C(=O)NCCCCOc1ccc(F)cc1. The van der Waals surface area contributed by atoms with Gasteiger partial charge in [0.05, 0.1) is 11.5 Å². The number of nitrogens with one attached hydrogen (secondary N) is 2. The molecule has 0 radical (unpaired) electrons. The van der Waals surface area contributed by atoms with Gasteiger partial charge in [-0.2, -0.15) is 0 Å². The molecule has 0 spiro atoms. The van der Waals surface area contributed by atoms with Gasteiger partial charge in [0, 0.05) is 6.54 Å². The number of amides is 2. The van der Waals surface area contributed by atoms with Crippen molar-refractivity contribution in [2.45, 2.75) is 32.7 Å². The van der Waals surface area contributed by atoms with Crippen molar-refractivity contribution in [3.05, 3.63) is 52.5 Å². The molecule has 27 heavy (non-hydrogen) atoms. The number of carbonyl (C=O) groups excluding carboxylic acids is 2. The monoisotopic (exact) mass is 392 g/mol. The van der Waals surface area contributed by atoms with Gasteiger partial charge in [-0.3, -0.25) is 9.59 Å². The highest BCUT2D eigenvalue weighted by molar-refractivity contribution is 7.12. The van der Waals surface area contributed by atoms with Crippen molar-refractivity contribution < 1.29 is 18.7 Å². The summed E-state index contributed by atoms with van der Waals surface area (Å²) >= 11 is 1.34. The molecular weight excluding hydrogens is 367 g/mol. The van der Waals surface area contributed by atoms with Gasteiger partial charge >= 0.3 is 0 Å². The molecule has 1 aromatic heterocycles. The molecule has 0 aliphatic heterocycles. The summed E-state index contributed by atoms with van der Waals surface area (Å²) in [7, 11) is 0. The highest BCUT2D eigenvalue weighted by atomic mass is 32.1. The highest BCUT2D eigenvalue weighted by Crippen LogP contribution is 2.12. The van der Waals surface area contributed by atoms with Crippen LogP contribution in [0.2, 0.25) is 0 Å². The van der Waals surface area contributed by atoms with E-state index in [0.717, 1.165) is 12.8 Å². The quantitative estimate of drug-likeness (QED) is 0.607. The lowest BCUT2D eigenvalue weighted by molar-refractivity contribution is -0.123. The smallest absolute Gasteiger partial charge is 0.262 e. The van der Waals surface area contributed by atoms with E-state index in [1.165, 1.54) is 23.5 Å². The van der Waals surface area contributed by atoms with Crippen LogP contribution < -0.4 is 15.4 Å². The Hall–Kier alpha value is -2.41. The van der Waals surface area contributed by atoms with Crippen LogP contribution in [-0.4, -0.2) is 31.0 Å². The number of halogens is 1. The molecule has 2 aromatic rings. The molecule has 0 fully saturated rings. The van der Waals surface area contributed by atoms with Crippen molar-refractivity contribution in [1.82, 2.24) is 10.6 Å². The fourth-order valence-corrected chi connectivity index (χ4v) is 3.05. The normalized spacial score (nSPS) is 11.9.